The van der Waals surface area contributed by atoms with Crippen LogP contribution in [0.4, 0.5) is 0 Å². The number of hydrogen-bond acceptors (Lipinski definition) is 4. The summed E-state index contributed by atoms with van der Waals surface area (Å²) < 4.78 is 4.95. The molecule has 0 spiro atoms. The maximum absolute atomic E-state index is 11.9. The lowest BCUT2D eigenvalue weighted by atomic mass is 10.2. The van der Waals surface area contributed by atoms with Crippen LogP contribution in [0.15, 0.2) is 41.1 Å². The Bertz CT molecular complexity index is 724. The van der Waals surface area contributed by atoms with Crippen molar-refractivity contribution < 1.29 is 14.3 Å². The number of carbonyl (C=O) groups is 2. The molecule has 7 heteroatoms. The summed E-state index contributed by atoms with van der Waals surface area (Å²) >= 11 is 13.6. The van der Waals surface area contributed by atoms with E-state index in [2.05, 4.69) is 0 Å². The third kappa shape index (κ3) is 5.37. The van der Waals surface area contributed by atoms with E-state index in [1.165, 1.54) is 17.1 Å². The van der Waals surface area contributed by atoms with Crippen LogP contribution < -0.4 is 0 Å². The zero-order valence-electron chi connectivity index (χ0n) is 12.9. The van der Waals surface area contributed by atoms with Gasteiger partial charge in [-0.2, -0.15) is 11.3 Å². The van der Waals surface area contributed by atoms with E-state index >= 15 is 0 Å². The third-order valence-corrected chi connectivity index (χ3v) is 4.54. The van der Waals surface area contributed by atoms with E-state index < -0.39 is 5.97 Å². The molecule has 0 aliphatic rings. The lowest BCUT2D eigenvalue weighted by Gasteiger charge is -2.15. The molecule has 1 amide bonds. The van der Waals surface area contributed by atoms with Crippen molar-refractivity contribution >= 4 is 52.5 Å². The van der Waals surface area contributed by atoms with Gasteiger partial charge in [0.05, 0.1) is 0 Å². The molecule has 0 aliphatic heterocycles. The van der Waals surface area contributed by atoms with Crippen LogP contribution in [-0.4, -0.2) is 30.4 Å². The summed E-state index contributed by atoms with van der Waals surface area (Å²) in [6, 6.07) is 6.99. The number of esters is 1. The first-order chi connectivity index (χ1) is 11.5. The molecule has 2 rings (SSSR count). The second-order valence-corrected chi connectivity index (χ2v) is 6.55. The number of ether oxygens (including phenoxy) is 1. The molecule has 0 saturated carbocycles. The van der Waals surface area contributed by atoms with E-state index in [-0.39, 0.29) is 12.5 Å². The molecule has 4 nitrogen and oxygen atoms in total. The number of amides is 1. The minimum atomic E-state index is -0.636. The second kappa shape index (κ2) is 8.87. The largest absolute Gasteiger partial charge is 0.452 e. The van der Waals surface area contributed by atoms with E-state index in [4.69, 9.17) is 27.9 Å². The molecule has 0 radical (unpaired) electrons. The van der Waals surface area contributed by atoms with Crippen molar-refractivity contribution in [1.82, 2.24) is 4.90 Å². The van der Waals surface area contributed by atoms with Crippen molar-refractivity contribution in [3.05, 3.63) is 62.3 Å². The molecule has 1 aromatic carbocycles. The van der Waals surface area contributed by atoms with Crippen LogP contribution in [0.25, 0.3) is 6.08 Å². The van der Waals surface area contributed by atoms with Gasteiger partial charge in [0, 0.05) is 35.3 Å². The highest BCUT2D eigenvalue weighted by Crippen LogP contribution is 2.25. The monoisotopic (exact) mass is 383 g/mol. The summed E-state index contributed by atoms with van der Waals surface area (Å²) in [7, 11) is 1.66. The van der Waals surface area contributed by atoms with E-state index in [9.17, 15) is 9.59 Å². The minimum Gasteiger partial charge on any atom is -0.452 e. The van der Waals surface area contributed by atoms with Gasteiger partial charge in [0.2, 0.25) is 0 Å². The van der Waals surface area contributed by atoms with E-state index in [0.717, 1.165) is 5.56 Å². The first-order valence-corrected chi connectivity index (χ1v) is 8.71. The SMILES string of the molecule is CN(Cc1ccsc1)C(=O)COC(=O)/C=C/c1c(Cl)cccc1Cl. The van der Waals surface area contributed by atoms with Crippen LogP contribution in [0.1, 0.15) is 11.1 Å². The smallest absolute Gasteiger partial charge is 0.331 e. The molecule has 0 saturated heterocycles. The molecule has 0 atom stereocenters. The number of likely N-dealkylation sites (N-methyl/N-ethyl adjacent to an activating group) is 1. The maximum atomic E-state index is 11.9. The highest BCUT2D eigenvalue weighted by Gasteiger charge is 2.12. The maximum Gasteiger partial charge on any atom is 0.331 e. The summed E-state index contributed by atoms with van der Waals surface area (Å²) in [6.45, 7) is 0.158. The zero-order chi connectivity index (χ0) is 17.5. The van der Waals surface area contributed by atoms with Crippen molar-refractivity contribution in [1.29, 1.82) is 0 Å². The Kier molecular flexibility index (Phi) is 6.85. The number of hydrogen-bond donors (Lipinski definition) is 0. The van der Waals surface area contributed by atoms with Crippen LogP contribution in [0.5, 0.6) is 0 Å². The summed E-state index contributed by atoms with van der Waals surface area (Å²) in [4.78, 5) is 25.2. The van der Waals surface area contributed by atoms with Gasteiger partial charge in [0.25, 0.3) is 5.91 Å². The zero-order valence-corrected chi connectivity index (χ0v) is 15.2. The average Bonchev–Trinajstić information content (AvgIpc) is 3.05. The van der Waals surface area contributed by atoms with Crippen LogP contribution in [0, 0.1) is 0 Å². The van der Waals surface area contributed by atoms with Crippen molar-refractivity contribution in [2.45, 2.75) is 6.54 Å². The molecule has 0 fully saturated rings. The normalized spacial score (nSPS) is 10.8. The van der Waals surface area contributed by atoms with Gasteiger partial charge in [-0.15, -0.1) is 0 Å². The molecular formula is C17H15Cl2NO3S. The van der Waals surface area contributed by atoms with E-state index in [1.807, 2.05) is 16.8 Å². The van der Waals surface area contributed by atoms with Gasteiger partial charge in [0.1, 0.15) is 0 Å². The number of carbonyl (C=O) groups excluding carboxylic acids is 2. The number of benzene rings is 1. The standard InChI is InChI=1S/C17H15Cl2NO3S/c1-20(9-12-7-8-24-11-12)16(21)10-23-17(22)6-5-13-14(18)3-2-4-15(13)19/h2-8,11H,9-10H2,1H3/b6-5+. The second-order valence-electron chi connectivity index (χ2n) is 4.96. The van der Waals surface area contributed by atoms with Gasteiger partial charge in [-0.25, -0.2) is 4.79 Å². The first kappa shape index (κ1) is 18.5. The van der Waals surface area contributed by atoms with Crippen molar-refractivity contribution in [3.8, 4) is 0 Å². The molecule has 1 heterocycles. The average molecular weight is 384 g/mol. The predicted molar refractivity (Wildman–Crippen MR) is 97.2 cm³/mol. The third-order valence-electron chi connectivity index (χ3n) is 3.15. The van der Waals surface area contributed by atoms with Gasteiger partial charge in [-0.1, -0.05) is 29.3 Å². The van der Waals surface area contributed by atoms with Gasteiger partial charge in [-0.05, 0) is 40.6 Å². The van der Waals surface area contributed by atoms with Gasteiger partial charge >= 0.3 is 5.97 Å². The fourth-order valence-corrected chi connectivity index (χ4v) is 3.04. The Morgan fingerprint density at radius 1 is 1.25 bits per heavy atom. The quantitative estimate of drug-likeness (QED) is 0.552. The van der Waals surface area contributed by atoms with Crippen molar-refractivity contribution in [3.63, 3.8) is 0 Å². The number of thiophene rings is 1. The van der Waals surface area contributed by atoms with Crippen LogP contribution in [0.2, 0.25) is 10.0 Å². The Morgan fingerprint density at radius 3 is 2.58 bits per heavy atom. The fraction of sp³-hybridized carbons (Fsp3) is 0.176. The van der Waals surface area contributed by atoms with Crippen LogP contribution in [-0.2, 0) is 20.9 Å². The minimum absolute atomic E-state index is 0.279. The molecular weight excluding hydrogens is 369 g/mol. The van der Waals surface area contributed by atoms with Crippen molar-refractivity contribution in [2.75, 3.05) is 13.7 Å². The van der Waals surface area contributed by atoms with Crippen molar-refractivity contribution in [2.24, 2.45) is 0 Å². The molecule has 1 aromatic heterocycles. The van der Waals surface area contributed by atoms with E-state index in [1.54, 1.807) is 36.6 Å². The molecule has 0 bridgehead atoms. The summed E-state index contributed by atoms with van der Waals surface area (Å²) in [5.74, 6) is -0.915. The Labute approximate surface area is 154 Å². The highest BCUT2D eigenvalue weighted by atomic mass is 35.5. The number of nitrogens with zero attached hydrogens (tertiary/aromatic N) is 1. The Morgan fingerprint density at radius 2 is 1.96 bits per heavy atom. The highest BCUT2D eigenvalue weighted by molar-refractivity contribution is 7.07. The van der Waals surface area contributed by atoms with Gasteiger partial charge in [0.15, 0.2) is 6.61 Å². The molecule has 2 aromatic rings. The molecule has 0 unspecified atom stereocenters. The van der Waals surface area contributed by atoms with Gasteiger partial charge in [-0.3, -0.25) is 4.79 Å². The molecule has 24 heavy (non-hydrogen) atoms. The lowest BCUT2D eigenvalue weighted by Crippen LogP contribution is -2.30. The van der Waals surface area contributed by atoms with E-state index in [0.29, 0.717) is 22.2 Å². The molecule has 0 N–H and O–H groups in total. The summed E-state index contributed by atoms with van der Waals surface area (Å²) in [6.07, 6.45) is 2.66. The fourth-order valence-electron chi connectivity index (χ4n) is 1.86. The predicted octanol–water partition coefficient (Wildman–Crippen LogP) is 4.27. The topological polar surface area (TPSA) is 46.6 Å². The van der Waals surface area contributed by atoms with Crippen LogP contribution >= 0.6 is 34.5 Å². The lowest BCUT2D eigenvalue weighted by molar-refractivity contribution is -0.147. The van der Waals surface area contributed by atoms with Gasteiger partial charge < -0.3 is 9.64 Å². The number of halogens is 2. The van der Waals surface area contributed by atoms with Crippen LogP contribution in [0.3, 0.4) is 0 Å². The Hall–Kier alpha value is -1.82. The molecule has 0 aliphatic carbocycles. The first-order valence-electron chi connectivity index (χ1n) is 7.01. The number of rotatable bonds is 6. The Balaban J connectivity index is 1.84. The molecule has 126 valence electrons. The summed E-state index contributed by atoms with van der Waals surface area (Å²) in [5, 5.41) is 4.76. The summed E-state index contributed by atoms with van der Waals surface area (Å²) in [5.41, 5.74) is 1.56.